The highest BCUT2D eigenvalue weighted by Gasteiger charge is 2.10. The summed E-state index contributed by atoms with van der Waals surface area (Å²) in [6, 6.07) is 7.86. The molecular formula is C16H26N2O2. The van der Waals surface area contributed by atoms with Gasteiger partial charge in [-0.15, -0.1) is 0 Å². The van der Waals surface area contributed by atoms with Crippen molar-refractivity contribution in [2.75, 3.05) is 13.2 Å². The molecular weight excluding hydrogens is 252 g/mol. The second-order valence-corrected chi connectivity index (χ2v) is 4.93. The molecule has 4 heteroatoms. The molecule has 1 unspecified atom stereocenters. The van der Waals surface area contributed by atoms with E-state index in [1.807, 2.05) is 24.3 Å². The number of hydrogen-bond donors (Lipinski definition) is 2. The highest BCUT2D eigenvalue weighted by Crippen LogP contribution is 2.12. The van der Waals surface area contributed by atoms with Crippen molar-refractivity contribution in [3.63, 3.8) is 0 Å². The molecule has 1 aromatic rings. The van der Waals surface area contributed by atoms with Crippen LogP contribution in [0.3, 0.4) is 0 Å². The molecule has 0 saturated carbocycles. The highest BCUT2D eigenvalue weighted by atomic mass is 16.5. The molecule has 0 aliphatic heterocycles. The molecule has 0 fully saturated rings. The van der Waals surface area contributed by atoms with Crippen molar-refractivity contribution in [2.45, 2.75) is 45.6 Å². The Morgan fingerprint density at radius 1 is 1.30 bits per heavy atom. The summed E-state index contributed by atoms with van der Waals surface area (Å²) < 4.78 is 5.46. The Labute approximate surface area is 121 Å². The van der Waals surface area contributed by atoms with E-state index in [-0.39, 0.29) is 18.6 Å². The molecule has 112 valence electrons. The minimum atomic E-state index is -0.115. The van der Waals surface area contributed by atoms with Crippen LogP contribution in [0, 0.1) is 0 Å². The van der Waals surface area contributed by atoms with E-state index in [4.69, 9.17) is 10.5 Å². The fourth-order valence-corrected chi connectivity index (χ4v) is 1.94. The van der Waals surface area contributed by atoms with Crippen molar-refractivity contribution in [3.8, 4) is 5.75 Å². The SMILES string of the molecule is CCCCC(CN)NC(=O)COc1ccc(CC)cc1. The quantitative estimate of drug-likeness (QED) is 0.728. The number of amides is 1. The standard InChI is InChI=1S/C16H26N2O2/c1-3-5-6-14(11-17)18-16(19)12-20-15-9-7-13(4-2)8-10-15/h7-10,14H,3-6,11-12,17H2,1-2H3,(H,18,19). The van der Waals surface area contributed by atoms with Crippen molar-refractivity contribution in [2.24, 2.45) is 5.73 Å². The predicted molar refractivity (Wildman–Crippen MR) is 81.8 cm³/mol. The minimum absolute atomic E-state index is 0.0358. The van der Waals surface area contributed by atoms with Gasteiger partial charge in [0, 0.05) is 12.6 Å². The predicted octanol–water partition coefficient (Wildman–Crippen LogP) is 2.26. The van der Waals surface area contributed by atoms with Crippen LogP contribution in [-0.2, 0) is 11.2 Å². The molecule has 0 bridgehead atoms. The fraction of sp³-hybridized carbons (Fsp3) is 0.562. The summed E-state index contributed by atoms with van der Waals surface area (Å²) in [6.45, 7) is 4.73. The summed E-state index contributed by atoms with van der Waals surface area (Å²) in [5, 5.41) is 2.91. The maximum Gasteiger partial charge on any atom is 0.258 e. The van der Waals surface area contributed by atoms with Crippen molar-refractivity contribution in [1.82, 2.24) is 5.32 Å². The number of nitrogens with one attached hydrogen (secondary N) is 1. The van der Waals surface area contributed by atoms with Crippen LogP contribution in [0.4, 0.5) is 0 Å². The molecule has 0 spiro atoms. The second-order valence-electron chi connectivity index (χ2n) is 4.93. The van der Waals surface area contributed by atoms with Crippen molar-refractivity contribution in [1.29, 1.82) is 0 Å². The Morgan fingerprint density at radius 2 is 2.00 bits per heavy atom. The van der Waals surface area contributed by atoms with Gasteiger partial charge in [0.15, 0.2) is 6.61 Å². The Kier molecular flexibility index (Phi) is 7.73. The highest BCUT2D eigenvalue weighted by molar-refractivity contribution is 5.77. The molecule has 1 rings (SSSR count). The summed E-state index contributed by atoms with van der Waals surface area (Å²) in [5.74, 6) is 0.603. The molecule has 20 heavy (non-hydrogen) atoms. The van der Waals surface area contributed by atoms with Gasteiger partial charge < -0.3 is 15.8 Å². The number of rotatable bonds is 9. The van der Waals surface area contributed by atoms with Gasteiger partial charge in [0.25, 0.3) is 5.91 Å². The van der Waals surface area contributed by atoms with E-state index in [2.05, 4.69) is 19.2 Å². The third-order valence-corrected chi connectivity index (χ3v) is 3.26. The molecule has 0 radical (unpaired) electrons. The van der Waals surface area contributed by atoms with Crippen LogP contribution >= 0.6 is 0 Å². The Balaban J connectivity index is 2.34. The van der Waals surface area contributed by atoms with Gasteiger partial charge in [-0.2, -0.15) is 0 Å². The van der Waals surface area contributed by atoms with Gasteiger partial charge in [-0.3, -0.25) is 4.79 Å². The third-order valence-electron chi connectivity index (χ3n) is 3.26. The lowest BCUT2D eigenvalue weighted by Crippen LogP contribution is -2.42. The Hall–Kier alpha value is -1.55. The topological polar surface area (TPSA) is 64.3 Å². The van der Waals surface area contributed by atoms with Crippen LogP contribution in [0.2, 0.25) is 0 Å². The van der Waals surface area contributed by atoms with Crippen molar-refractivity contribution >= 4 is 5.91 Å². The first-order valence-corrected chi connectivity index (χ1v) is 7.40. The minimum Gasteiger partial charge on any atom is -0.484 e. The van der Waals surface area contributed by atoms with E-state index in [1.165, 1.54) is 5.56 Å². The van der Waals surface area contributed by atoms with E-state index < -0.39 is 0 Å². The lowest BCUT2D eigenvalue weighted by Gasteiger charge is -2.16. The first kappa shape index (κ1) is 16.5. The summed E-state index contributed by atoms with van der Waals surface area (Å²) >= 11 is 0. The molecule has 3 N–H and O–H groups in total. The number of hydrogen-bond acceptors (Lipinski definition) is 3. The van der Waals surface area contributed by atoms with Crippen LogP contribution in [0.5, 0.6) is 5.75 Å². The van der Waals surface area contributed by atoms with Gasteiger partial charge >= 0.3 is 0 Å². The van der Waals surface area contributed by atoms with Crippen molar-refractivity contribution in [3.05, 3.63) is 29.8 Å². The van der Waals surface area contributed by atoms with Crippen LogP contribution in [-0.4, -0.2) is 25.1 Å². The summed E-state index contributed by atoms with van der Waals surface area (Å²) in [4.78, 5) is 11.8. The number of aryl methyl sites for hydroxylation is 1. The molecule has 0 heterocycles. The van der Waals surface area contributed by atoms with Gasteiger partial charge in [0.2, 0.25) is 0 Å². The maximum atomic E-state index is 11.8. The summed E-state index contributed by atoms with van der Waals surface area (Å²) in [6.07, 6.45) is 4.09. The first-order chi connectivity index (χ1) is 9.69. The molecule has 1 amide bonds. The summed E-state index contributed by atoms with van der Waals surface area (Å²) in [5.41, 5.74) is 6.90. The van der Waals surface area contributed by atoms with Crippen LogP contribution in [0.15, 0.2) is 24.3 Å². The van der Waals surface area contributed by atoms with Crippen molar-refractivity contribution < 1.29 is 9.53 Å². The lowest BCUT2D eigenvalue weighted by molar-refractivity contribution is -0.123. The molecule has 0 aromatic heterocycles. The Bertz CT molecular complexity index is 390. The lowest BCUT2D eigenvalue weighted by atomic mass is 10.1. The Morgan fingerprint density at radius 3 is 2.55 bits per heavy atom. The number of carbonyl (C=O) groups excluding carboxylic acids is 1. The monoisotopic (exact) mass is 278 g/mol. The molecule has 0 aliphatic rings. The number of ether oxygens (including phenoxy) is 1. The zero-order chi connectivity index (χ0) is 14.8. The van der Waals surface area contributed by atoms with E-state index in [1.54, 1.807) is 0 Å². The molecule has 0 saturated heterocycles. The van der Waals surface area contributed by atoms with Crippen LogP contribution < -0.4 is 15.8 Å². The first-order valence-electron chi connectivity index (χ1n) is 7.40. The van der Waals surface area contributed by atoms with Gasteiger partial charge in [-0.05, 0) is 30.5 Å². The average molecular weight is 278 g/mol. The third kappa shape index (κ3) is 6.06. The van der Waals surface area contributed by atoms with E-state index >= 15 is 0 Å². The molecule has 1 atom stereocenters. The van der Waals surface area contributed by atoms with E-state index in [0.29, 0.717) is 6.54 Å². The molecule has 0 aliphatic carbocycles. The average Bonchev–Trinajstić information content (AvgIpc) is 2.49. The summed E-state index contributed by atoms with van der Waals surface area (Å²) in [7, 11) is 0. The molecule has 4 nitrogen and oxygen atoms in total. The zero-order valence-corrected chi connectivity index (χ0v) is 12.5. The number of benzene rings is 1. The van der Waals surface area contributed by atoms with E-state index in [9.17, 15) is 4.79 Å². The number of unbranched alkanes of at least 4 members (excludes halogenated alkanes) is 1. The molecule has 1 aromatic carbocycles. The second kappa shape index (κ2) is 9.37. The van der Waals surface area contributed by atoms with Gasteiger partial charge in [0.1, 0.15) is 5.75 Å². The smallest absolute Gasteiger partial charge is 0.258 e. The van der Waals surface area contributed by atoms with Crippen LogP contribution in [0.25, 0.3) is 0 Å². The normalized spacial score (nSPS) is 11.9. The van der Waals surface area contributed by atoms with Gasteiger partial charge in [-0.1, -0.05) is 38.8 Å². The maximum absolute atomic E-state index is 11.8. The van der Waals surface area contributed by atoms with E-state index in [0.717, 1.165) is 31.4 Å². The van der Waals surface area contributed by atoms with Crippen LogP contribution in [0.1, 0.15) is 38.7 Å². The fourth-order valence-electron chi connectivity index (χ4n) is 1.94. The number of nitrogens with two attached hydrogens (primary N) is 1. The largest absolute Gasteiger partial charge is 0.484 e. The van der Waals surface area contributed by atoms with Gasteiger partial charge in [-0.25, -0.2) is 0 Å². The zero-order valence-electron chi connectivity index (χ0n) is 12.5. The number of carbonyl (C=O) groups is 1. The van der Waals surface area contributed by atoms with Gasteiger partial charge in [0.05, 0.1) is 0 Å².